The van der Waals surface area contributed by atoms with Gasteiger partial charge in [0.2, 0.25) is 0 Å². The summed E-state index contributed by atoms with van der Waals surface area (Å²) in [5.41, 5.74) is 5.09. The molecular weight excluding hydrogens is 468 g/mol. The molecule has 0 rings (SSSR count). The maximum Gasteiger partial charge on any atom is 0.00419 e. The lowest BCUT2D eigenvalue weighted by molar-refractivity contribution is 0.310. The van der Waals surface area contributed by atoms with Crippen LogP contribution in [0.25, 0.3) is 0 Å². The first-order valence-corrected chi connectivity index (χ1v) is 17.2. The van der Waals surface area contributed by atoms with Gasteiger partial charge >= 0.3 is 0 Å². The Hall–Kier alpha value is -1.04. The van der Waals surface area contributed by atoms with E-state index in [4.69, 9.17) is 6.58 Å². The average Bonchev–Trinajstić information content (AvgIpc) is 2.89. The number of rotatable bonds is 25. The van der Waals surface area contributed by atoms with Gasteiger partial charge in [-0.05, 0) is 67.9 Å². The lowest BCUT2D eigenvalue weighted by Crippen LogP contribution is -2.24. The van der Waals surface area contributed by atoms with E-state index in [0.29, 0.717) is 29.6 Å². The molecule has 0 aliphatic rings. The predicted molar refractivity (Wildman–Crippen MR) is 184 cm³/mol. The summed E-state index contributed by atoms with van der Waals surface area (Å²) in [6.45, 7) is 38.3. The Labute approximate surface area is 249 Å². The molecule has 0 heterocycles. The lowest BCUT2D eigenvalue weighted by atomic mass is 9.70. The molecule has 0 N–H and O–H groups in total. The fraction of sp³-hybridized carbons (Fsp3) is 0.795. The van der Waals surface area contributed by atoms with Crippen LogP contribution < -0.4 is 0 Å². The van der Waals surface area contributed by atoms with Gasteiger partial charge in [-0.25, -0.2) is 0 Å². The standard InChI is InChI=1S/C37H68.C2H6/c1-12-14-16-18-19-20-21-22-23-25-32(9)28-37(35(30(5)6)26-24-17-15-13-2)34(11)33(10)36(31(7)8)27-29(3)4;1-2/h29,32,35-37H,5,7,10-28H2,1-4,6,8-9H3;1-2H3. The van der Waals surface area contributed by atoms with Gasteiger partial charge in [0.25, 0.3) is 0 Å². The van der Waals surface area contributed by atoms with Crippen molar-refractivity contribution in [2.45, 2.75) is 171 Å². The SMILES string of the molecule is C=C(C)C(CC(C)C)C(=C)C(=C)C(CC(C)CCCCCCCCCCC)C(CCCCCC)C(=C)C.CC. The highest BCUT2D eigenvalue weighted by Gasteiger charge is 2.30. The number of unbranched alkanes of at least 4 members (excludes halogenated alkanes) is 11. The maximum absolute atomic E-state index is 4.74. The maximum atomic E-state index is 4.74. The van der Waals surface area contributed by atoms with E-state index < -0.39 is 0 Å². The van der Waals surface area contributed by atoms with Crippen molar-refractivity contribution < 1.29 is 0 Å². The topological polar surface area (TPSA) is 0 Å². The van der Waals surface area contributed by atoms with E-state index in [2.05, 4.69) is 68.2 Å². The smallest absolute Gasteiger partial charge is 0.00419 e. The molecule has 0 aromatic rings. The van der Waals surface area contributed by atoms with E-state index in [-0.39, 0.29) is 0 Å². The van der Waals surface area contributed by atoms with Gasteiger partial charge in [-0.1, -0.05) is 176 Å². The Balaban J connectivity index is 0. The molecule has 0 saturated heterocycles. The van der Waals surface area contributed by atoms with Gasteiger partial charge in [0.05, 0.1) is 0 Å². The molecule has 39 heavy (non-hydrogen) atoms. The fourth-order valence-electron chi connectivity index (χ4n) is 6.06. The Morgan fingerprint density at radius 2 is 0.949 bits per heavy atom. The summed E-state index contributed by atoms with van der Waals surface area (Å²) in [6.07, 6.45) is 22.8. The van der Waals surface area contributed by atoms with Crippen LogP contribution in [0.1, 0.15) is 171 Å². The molecule has 0 bridgehead atoms. The van der Waals surface area contributed by atoms with Crippen molar-refractivity contribution in [2.75, 3.05) is 0 Å². The molecule has 0 nitrogen and oxygen atoms in total. The molecule has 4 unspecified atom stereocenters. The van der Waals surface area contributed by atoms with Gasteiger partial charge in [-0.15, -0.1) is 0 Å². The Kier molecular flexibility index (Phi) is 26.6. The fourth-order valence-corrected chi connectivity index (χ4v) is 6.06. The van der Waals surface area contributed by atoms with Crippen LogP contribution in [0, 0.1) is 29.6 Å². The molecule has 0 fully saturated rings. The van der Waals surface area contributed by atoms with E-state index >= 15 is 0 Å². The molecule has 0 radical (unpaired) electrons. The predicted octanol–water partition coefficient (Wildman–Crippen LogP) is 14.1. The third-order valence-electron chi connectivity index (χ3n) is 8.53. The van der Waals surface area contributed by atoms with E-state index in [0.717, 1.165) is 6.42 Å². The van der Waals surface area contributed by atoms with Crippen molar-refractivity contribution in [2.24, 2.45) is 29.6 Å². The first-order valence-electron chi connectivity index (χ1n) is 17.2. The van der Waals surface area contributed by atoms with Crippen molar-refractivity contribution >= 4 is 0 Å². The summed E-state index contributed by atoms with van der Waals surface area (Å²) in [5.74, 6) is 2.64. The quantitative estimate of drug-likeness (QED) is 0.0611. The summed E-state index contributed by atoms with van der Waals surface area (Å²) >= 11 is 0. The Morgan fingerprint density at radius 3 is 1.38 bits per heavy atom. The van der Waals surface area contributed by atoms with Crippen LogP contribution in [-0.2, 0) is 0 Å². The minimum absolute atomic E-state index is 0.341. The molecule has 0 aromatic carbocycles. The largest absolute Gasteiger partial charge is 0.0998 e. The highest BCUT2D eigenvalue weighted by atomic mass is 14.3. The highest BCUT2D eigenvalue weighted by molar-refractivity contribution is 5.36. The summed E-state index contributed by atoms with van der Waals surface area (Å²) in [5, 5.41) is 0. The highest BCUT2D eigenvalue weighted by Crippen LogP contribution is 2.42. The van der Waals surface area contributed by atoms with E-state index in [9.17, 15) is 0 Å². The van der Waals surface area contributed by atoms with Crippen LogP contribution in [0.4, 0.5) is 0 Å². The van der Waals surface area contributed by atoms with Gasteiger partial charge in [0, 0.05) is 5.92 Å². The summed E-state index contributed by atoms with van der Waals surface area (Å²) < 4.78 is 0. The Morgan fingerprint density at radius 1 is 0.513 bits per heavy atom. The summed E-state index contributed by atoms with van der Waals surface area (Å²) in [6, 6.07) is 0. The third kappa shape index (κ3) is 19.6. The van der Waals surface area contributed by atoms with Crippen LogP contribution in [0.15, 0.2) is 48.6 Å². The van der Waals surface area contributed by atoms with Gasteiger partial charge in [0.1, 0.15) is 0 Å². The van der Waals surface area contributed by atoms with Crippen LogP contribution in [0.3, 0.4) is 0 Å². The Bertz CT molecular complexity index is 632. The first-order chi connectivity index (χ1) is 18.6. The molecule has 0 saturated carbocycles. The molecule has 230 valence electrons. The zero-order valence-corrected chi connectivity index (χ0v) is 28.7. The number of hydrogen-bond donors (Lipinski definition) is 0. The molecule has 0 amide bonds. The monoisotopic (exact) mass is 543 g/mol. The molecule has 0 aliphatic heterocycles. The molecule has 0 heteroatoms. The number of hydrogen-bond acceptors (Lipinski definition) is 0. The average molecular weight is 543 g/mol. The molecule has 0 spiro atoms. The van der Waals surface area contributed by atoms with Crippen molar-refractivity contribution in [1.29, 1.82) is 0 Å². The first kappa shape index (κ1) is 40.1. The minimum Gasteiger partial charge on any atom is -0.0998 e. The van der Waals surface area contributed by atoms with Crippen LogP contribution in [0.5, 0.6) is 0 Å². The minimum atomic E-state index is 0.341. The van der Waals surface area contributed by atoms with Gasteiger partial charge in [0.15, 0.2) is 0 Å². The van der Waals surface area contributed by atoms with E-state index in [1.54, 1.807) is 0 Å². The van der Waals surface area contributed by atoms with Gasteiger partial charge < -0.3 is 0 Å². The van der Waals surface area contributed by atoms with Gasteiger partial charge in [-0.3, -0.25) is 0 Å². The zero-order chi connectivity index (χ0) is 30.2. The van der Waals surface area contributed by atoms with Crippen LogP contribution in [-0.4, -0.2) is 0 Å². The van der Waals surface area contributed by atoms with Crippen LogP contribution in [0.2, 0.25) is 0 Å². The van der Waals surface area contributed by atoms with Crippen molar-refractivity contribution in [3.63, 3.8) is 0 Å². The van der Waals surface area contributed by atoms with Gasteiger partial charge in [-0.2, -0.15) is 0 Å². The second kappa shape index (κ2) is 25.9. The summed E-state index contributed by atoms with van der Waals surface area (Å²) in [4.78, 5) is 0. The molecule has 0 aromatic heterocycles. The number of allylic oxidation sites excluding steroid dienone is 4. The lowest BCUT2D eigenvalue weighted by Gasteiger charge is -2.35. The van der Waals surface area contributed by atoms with Crippen LogP contribution >= 0.6 is 0 Å². The molecule has 0 aliphatic carbocycles. The van der Waals surface area contributed by atoms with E-state index in [1.807, 2.05) is 13.8 Å². The third-order valence-corrected chi connectivity index (χ3v) is 8.53. The molecule has 4 atom stereocenters. The normalized spacial score (nSPS) is 14.2. The second-order valence-electron chi connectivity index (χ2n) is 12.9. The summed E-state index contributed by atoms with van der Waals surface area (Å²) in [7, 11) is 0. The van der Waals surface area contributed by atoms with Crippen molar-refractivity contribution in [3.05, 3.63) is 48.6 Å². The van der Waals surface area contributed by atoms with Crippen molar-refractivity contribution in [3.8, 4) is 0 Å². The van der Waals surface area contributed by atoms with E-state index in [1.165, 1.54) is 125 Å². The molecular formula is C39H74. The zero-order valence-electron chi connectivity index (χ0n) is 28.7. The van der Waals surface area contributed by atoms with Crippen molar-refractivity contribution in [1.82, 2.24) is 0 Å². The second-order valence-corrected chi connectivity index (χ2v) is 12.9.